The number of likely N-dealkylation sites (tertiary alicyclic amines) is 1. The van der Waals surface area contributed by atoms with Gasteiger partial charge in [0.1, 0.15) is 16.6 Å². The van der Waals surface area contributed by atoms with Crippen LogP contribution in [0.4, 0.5) is 19.5 Å². The van der Waals surface area contributed by atoms with Gasteiger partial charge in [-0.2, -0.15) is 0 Å². The van der Waals surface area contributed by atoms with E-state index in [9.17, 15) is 19.2 Å². The molecule has 3 amide bonds. The highest BCUT2D eigenvalue weighted by atomic mass is 32.1. The maximum atomic E-state index is 15.2. The number of nitrogens with one attached hydrogen (secondary N) is 2. The van der Waals surface area contributed by atoms with Crippen molar-refractivity contribution in [1.29, 1.82) is 0 Å². The number of halogens is 2. The summed E-state index contributed by atoms with van der Waals surface area (Å²) in [7, 11) is 0. The number of nitrogens with zero attached hydrogens (tertiary/aromatic N) is 2. The van der Waals surface area contributed by atoms with E-state index in [4.69, 9.17) is 5.11 Å². The van der Waals surface area contributed by atoms with Gasteiger partial charge in [-0.25, -0.2) is 13.6 Å². The highest BCUT2D eigenvalue weighted by molar-refractivity contribution is 7.17. The fourth-order valence-electron chi connectivity index (χ4n) is 8.11. The van der Waals surface area contributed by atoms with Gasteiger partial charge in [-0.15, -0.1) is 11.3 Å². The van der Waals surface area contributed by atoms with E-state index < -0.39 is 23.5 Å². The number of carboxylic acids is 1. The van der Waals surface area contributed by atoms with Gasteiger partial charge in [0.2, 0.25) is 5.91 Å². The molecule has 2 saturated heterocycles. The first-order valence-corrected chi connectivity index (χ1v) is 19.5. The molecule has 4 aromatic rings. The standard InChI is InChI=1S/C42H44F2N4O5S/c1-24(2)41(51)48-30-15-16-31(48)23-47(22-30)21-26-6-5-7-28(18-26)38(49)46-40-37(33-8-3-4-9-36(33)54-40)39(50)45-29-19-34(43)32(35(44)20-29)17-12-25-10-13-27(14-11-25)42(52)53/h5-7,10-11,13-14,18-20,24,30-31H,3-4,8-9,12,15-17,21-23H2,1-2H3,(H,45,50)(H,46,49)(H,52,53). The number of benzene rings is 3. The monoisotopic (exact) mass is 754 g/mol. The van der Waals surface area contributed by atoms with Gasteiger partial charge in [0.15, 0.2) is 0 Å². The van der Waals surface area contributed by atoms with Crippen molar-refractivity contribution in [2.24, 2.45) is 5.92 Å². The number of carbonyl (C=O) groups is 4. The zero-order valence-electron chi connectivity index (χ0n) is 30.4. The third-order valence-electron chi connectivity index (χ3n) is 10.8. The van der Waals surface area contributed by atoms with Gasteiger partial charge in [0.25, 0.3) is 11.8 Å². The van der Waals surface area contributed by atoms with Crippen molar-refractivity contribution in [2.75, 3.05) is 23.7 Å². The van der Waals surface area contributed by atoms with E-state index in [1.165, 1.54) is 23.5 Å². The number of carboxylic acid groups (broad SMARTS) is 1. The Kier molecular flexibility index (Phi) is 10.9. The fourth-order valence-corrected chi connectivity index (χ4v) is 9.39. The van der Waals surface area contributed by atoms with Crippen LogP contribution in [0.25, 0.3) is 0 Å². The van der Waals surface area contributed by atoms with Gasteiger partial charge >= 0.3 is 5.97 Å². The summed E-state index contributed by atoms with van der Waals surface area (Å²) in [4.78, 5) is 57.0. The third-order valence-corrected chi connectivity index (χ3v) is 12.0. The Morgan fingerprint density at radius 2 is 1.52 bits per heavy atom. The largest absolute Gasteiger partial charge is 0.478 e. The van der Waals surface area contributed by atoms with Crippen molar-refractivity contribution >= 4 is 45.7 Å². The fraction of sp³-hybridized carbons (Fsp3) is 0.381. The Morgan fingerprint density at radius 1 is 0.833 bits per heavy atom. The summed E-state index contributed by atoms with van der Waals surface area (Å²) in [5, 5.41) is 15.2. The van der Waals surface area contributed by atoms with E-state index in [-0.39, 0.29) is 53.1 Å². The molecular weight excluding hydrogens is 711 g/mol. The topological polar surface area (TPSA) is 119 Å². The van der Waals surface area contributed by atoms with Crippen LogP contribution >= 0.6 is 11.3 Å². The average molecular weight is 755 g/mol. The minimum atomic E-state index is -1.05. The van der Waals surface area contributed by atoms with E-state index in [1.54, 1.807) is 18.2 Å². The van der Waals surface area contributed by atoms with Gasteiger partial charge in [0.05, 0.1) is 11.1 Å². The first kappa shape index (κ1) is 37.4. The number of piperazine rings is 1. The van der Waals surface area contributed by atoms with Crippen molar-refractivity contribution in [1.82, 2.24) is 9.80 Å². The van der Waals surface area contributed by atoms with E-state index >= 15 is 8.78 Å². The molecule has 0 saturated carbocycles. The molecule has 12 heteroatoms. The molecule has 0 spiro atoms. The van der Waals surface area contributed by atoms with Gasteiger partial charge in [-0.05, 0) is 104 Å². The summed E-state index contributed by atoms with van der Waals surface area (Å²) in [6.45, 7) is 6.15. The quantitative estimate of drug-likeness (QED) is 0.144. The number of carbonyl (C=O) groups excluding carboxylic acids is 3. The number of hydrogen-bond donors (Lipinski definition) is 3. The number of aromatic carboxylic acids is 1. The van der Waals surface area contributed by atoms with Crippen molar-refractivity contribution < 1.29 is 33.1 Å². The summed E-state index contributed by atoms with van der Waals surface area (Å²) in [6, 6.07) is 16.2. The van der Waals surface area contributed by atoms with Gasteiger partial charge in [0, 0.05) is 59.3 Å². The molecule has 3 heterocycles. The number of rotatable bonds is 11. The van der Waals surface area contributed by atoms with Crippen molar-refractivity contribution in [3.8, 4) is 0 Å². The Hall–Kier alpha value is -4.94. The second kappa shape index (κ2) is 15.8. The molecule has 1 aromatic heterocycles. The molecule has 2 aliphatic heterocycles. The predicted octanol–water partition coefficient (Wildman–Crippen LogP) is 7.72. The van der Waals surface area contributed by atoms with Crippen LogP contribution in [0.2, 0.25) is 0 Å². The van der Waals surface area contributed by atoms with Gasteiger partial charge in [-0.3, -0.25) is 19.3 Å². The first-order valence-electron chi connectivity index (χ1n) is 18.7. The predicted molar refractivity (Wildman–Crippen MR) is 204 cm³/mol. The molecule has 2 fully saturated rings. The van der Waals surface area contributed by atoms with E-state index in [2.05, 4.69) is 20.4 Å². The van der Waals surface area contributed by atoms with Crippen LogP contribution in [-0.2, 0) is 37.0 Å². The van der Waals surface area contributed by atoms with Crippen LogP contribution in [0.1, 0.15) is 97.7 Å². The summed E-state index contributed by atoms with van der Waals surface area (Å²) < 4.78 is 30.5. The molecule has 282 valence electrons. The summed E-state index contributed by atoms with van der Waals surface area (Å²) in [6.07, 6.45) is 5.65. The Bertz CT molecular complexity index is 2060. The number of fused-ring (bicyclic) bond motifs is 3. The molecule has 9 nitrogen and oxygen atoms in total. The maximum Gasteiger partial charge on any atom is 0.335 e. The Balaban J connectivity index is 1.03. The van der Waals surface area contributed by atoms with Crippen molar-refractivity contribution in [2.45, 2.75) is 83.8 Å². The first-order chi connectivity index (χ1) is 25.9. The lowest BCUT2D eigenvalue weighted by molar-refractivity contribution is -0.140. The van der Waals surface area contributed by atoms with E-state index in [0.717, 1.165) is 78.9 Å². The zero-order valence-corrected chi connectivity index (χ0v) is 31.2. The molecule has 0 radical (unpaired) electrons. The summed E-state index contributed by atoms with van der Waals surface area (Å²) in [5.41, 5.74) is 3.31. The minimum absolute atomic E-state index is 0.0240. The molecular formula is C42H44F2N4O5S. The van der Waals surface area contributed by atoms with Gasteiger partial charge in [-0.1, -0.05) is 38.1 Å². The van der Waals surface area contributed by atoms with Crippen LogP contribution < -0.4 is 10.6 Å². The number of aryl methyl sites for hydroxylation is 2. The molecule has 3 aromatic carbocycles. The molecule has 2 atom stereocenters. The summed E-state index contributed by atoms with van der Waals surface area (Å²) >= 11 is 1.37. The number of amides is 3. The lowest BCUT2D eigenvalue weighted by Gasteiger charge is -2.42. The molecule has 2 bridgehead atoms. The SMILES string of the molecule is CC(C)C(=O)N1C2CCC1CN(Cc1cccc(C(=O)Nc3sc4c(c3C(=O)Nc3cc(F)c(CCc5ccc(C(=O)O)cc5)c(F)c3)CCCC4)c1)C2. The minimum Gasteiger partial charge on any atom is -0.478 e. The smallest absolute Gasteiger partial charge is 0.335 e. The normalized spacial score (nSPS) is 18.1. The second-order valence-electron chi connectivity index (χ2n) is 14.9. The third kappa shape index (κ3) is 7.95. The molecule has 1 aliphatic carbocycles. The van der Waals surface area contributed by atoms with Crippen LogP contribution in [0, 0.1) is 17.6 Å². The van der Waals surface area contributed by atoms with E-state index in [1.807, 2.05) is 32.0 Å². The van der Waals surface area contributed by atoms with Crippen LogP contribution in [0.3, 0.4) is 0 Å². The highest BCUT2D eigenvalue weighted by Crippen LogP contribution is 2.39. The Labute approximate surface area is 317 Å². The lowest BCUT2D eigenvalue weighted by Crippen LogP contribution is -2.56. The summed E-state index contributed by atoms with van der Waals surface area (Å²) in [5.74, 6) is -3.35. The average Bonchev–Trinajstić information content (AvgIpc) is 3.64. The molecule has 7 rings (SSSR count). The Morgan fingerprint density at radius 3 is 2.19 bits per heavy atom. The number of hydrogen-bond acceptors (Lipinski definition) is 6. The molecule has 2 unspecified atom stereocenters. The van der Waals surface area contributed by atoms with Crippen LogP contribution in [-0.4, -0.2) is 63.8 Å². The van der Waals surface area contributed by atoms with Crippen molar-refractivity contribution in [3.05, 3.63) is 116 Å². The maximum absolute atomic E-state index is 15.2. The van der Waals surface area contributed by atoms with E-state index in [0.29, 0.717) is 35.5 Å². The lowest BCUT2D eigenvalue weighted by atomic mass is 9.95. The molecule has 3 N–H and O–H groups in total. The number of thiophene rings is 1. The molecule has 3 aliphatic rings. The highest BCUT2D eigenvalue weighted by Gasteiger charge is 2.42. The van der Waals surface area contributed by atoms with Crippen LogP contribution in [0.5, 0.6) is 0 Å². The van der Waals surface area contributed by atoms with Gasteiger partial charge < -0.3 is 20.6 Å². The van der Waals surface area contributed by atoms with Crippen LogP contribution in [0.15, 0.2) is 60.7 Å². The zero-order chi connectivity index (χ0) is 38.1. The molecule has 54 heavy (non-hydrogen) atoms. The number of anilines is 2. The second-order valence-corrected chi connectivity index (χ2v) is 16.0. The van der Waals surface area contributed by atoms with Crippen molar-refractivity contribution in [3.63, 3.8) is 0 Å².